The Morgan fingerprint density at radius 2 is 1.81 bits per heavy atom. The molecule has 6 nitrogen and oxygen atoms in total. The minimum atomic E-state index is -2.32. The Labute approximate surface area is 215 Å². The summed E-state index contributed by atoms with van der Waals surface area (Å²) in [6.45, 7) is 4.84. The van der Waals surface area contributed by atoms with Crippen LogP contribution in [0.1, 0.15) is 19.3 Å². The van der Waals surface area contributed by atoms with E-state index in [0.717, 1.165) is 60.7 Å². The Balaban J connectivity index is 1.35. The number of fused-ring (bicyclic) bond motifs is 2. The molecular weight excluding hydrogens is 479 g/mol. The highest BCUT2D eigenvalue weighted by Crippen LogP contribution is 2.40. The van der Waals surface area contributed by atoms with Gasteiger partial charge in [0.05, 0.1) is 24.9 Å². The number of hydrogen-bond donors (Lipinski definition) is 0. The normalized spacial score (nSPS) is 22.3. The van der Waals surface area contributed by atoms with E-state index in [4.69, 9.17) is 14.7 Å². The van der Waals surface area contributed by atoms with E-state index in [1.165, 1.54) is 26.0 Å². The third-order valence-electron chi connectivity index (χ3n) is 8.16. The molecule has 2 aromatic heterocycles. The van der Waals surface area contributed by atoms with Crippen molar-refractivity contribution in [1.82, 2.24) is 14.9 Å². The number of anilines is 2. The standard InChI is InChI=1S/C28H32F3N5O/c1-37-26-12-24-21(10-22(26)29)25(36-15-19-6-9-34(17-27(30)31)14-20(19)16-36)11-23(33-24)18-4-5-28(32-13-18)35-7-2-3-8-35/h4-5,10-13,19-20,27H,2-3,6-9,14-17H2,1H3. The fourth-order valence-corrected chi connectivity index (χ4v) is 6.25. The number of ether oxygens (including phenoxy) is 1. The Hall–Kier alpha value is -3.07. The van der Waals surface area contributed by atoms with Crippen molar-refractivity contribution in [2.75, 3.05) is 62.7 Å². The lowest BCUT2D eigenvalue weighted by Crippen LogP contribution is -2.42. The number of alkyl halides is 2. The van der Waals surface area contributed by atoms with Crippen molar-refractivity contribution in [3.63, 3.8) is 0 Å². The number of likely N-dealkylation sites (tertiary alicyclic amines) is 1. The maximum atomic E-state index is 14.8. The van der Waals surface area contributed by atoms with E-state index in [1.54, 1.807) is 6.07 Å². The van der Waals surface area contributed by atoms with Crippen molar-refractivity contribution < 1.29 is 17.9 Å². The summed E-state index contributed by atoms with van der Waals surface area (Å²) in [6.07, 6.45) is 2.82. The van der Waals surface area contributed by atoms with E-state index in [0.29, 0.717) is 30.4 Å². The lowest BCUT2D eigenvalue weighted by molar-refractivity contribution is 0.0571. The molecule has 3 aliphatic rings. The highest BCUT2D eigenvalue weighted by molar-refractivity contribution is 5.95. The van der Waals surface area contributed by atoms with Crippen LogP contribution in [0, 0.1) is 17.7 Å². The molecule has 3 aromatic rings. The predicted molar refractivity (Wildman–Crippen MR) is 139 cm³/mol. The van der Waals surface area contributed by atoms with Crippen molar-refractivity contribution in [3.05, 3.63) is 42.3 Å². The van der Waals surface area contributed by atoms with E-state index in [1.807, 2.05) is 29.3 Å². The summed E-state index contributed by atoms with van der Waals surface area (Å²) in [6, 6.07) is 9.26. The average molecular weight is 512 g/mol. The van der Waals surface area contributed by atoms with Crippen LogP contribution in [0.15, 0.2) is 36.5 Å². The molecule has 3 saturated heterocycles. The molecule has 5 heterocycles. The number of piperidine rings is 1. The molecule has 9 heteroatoms. The second-order valence-corrected chi connectivity index (χ2v) is 10.5. The second kappa shape index (κ2) is 10.0. The fourth-order valence-electron chi connectivity index (χ4n) is 6.25. The molecule has 0 N–H and O–H groups in total. The SMILES string of the molecule is COc1cc2nc(-c3ccc(N4CCCC4)nc3)cc(N3CC4CCN(CC(F)F)CC4C3)c2cc1F. The van der Waals surface area contributed by atoms with Gasteiger partial charge >= 0.3 is 0 Å². The van der Waals surface area contributed by atoms with Crippen LogP contribution >= 0.6 is 0 Å². The Kier molecular flexibility index (Phi) is 6.56. The quantitative estimate of drug-likeness (QED) is 0.461. The van der Waals surface area contributed by atoms with Crippen LogP contribution in [0.3, 0.4) is 0 Å². The number of rotatable bonds is 6. The molecule has 37 heavy (non-hydrogen) atoms. The van der Waals surface area contributed by atoms with Gasteiger partial charge in [0.2, 0.25) is 0 Å². The number of benzene rings is 1. The summed E-state index contributed by atoms with van der Waals surface area (Å²) in [5, 5.41) is 0.728. The number of hydrogen-bond acceptors (Lipinski definition) is 6. The van der Waals surface area contributed by atoms with Crippen LogP contribution in [0.5, 0.6) is 5.75 Å². The Morgan fingerprint density at radius 3 is 2.54 bits per heavy atom. The molecule has 0 saturated carbocycles. The Bertz CT molecular complexity index is 1260. The van der Waals surface area contributed by atoms with Crippen LogP contribution in [-0.4, -0.2) is 74.2 Å². The first-order valence-electron chi connectivity index (χ1n) is 13.1. The molecule has 6 rings (SSSR count). The van der Waals surface area contributed by atoms with E-state index in [2.05, 4.69) is 9.80 Å². The van der Waals surface area contributed by atoms with E-state index in [9.17, 15) is 13.2 Å². The molecule has 0 bridgehead atoms. The molecular formula is C28H32F3N5O. The fraction of sp³-hybridized carbons (Fsp3) is 0.500. The van der Waals surface area contributed by atoms with Crippen LogP contribution in [0.25, 0.3) is 22.2 Å². The van der Waals surface area contributed by atoms with Gasteiger partial charge in [0, 0.05) is 61.6 Å². The van der Waals surface area contributed by atoms with Gasteiger partial charge in [-0.25, -0.2) is 23.1 Å². The second-order valence-electron chi connectivity index (χ2n) is 10.5. The zero-order valence-electron chi connectivity index (χ0n) is 21.0. The maximum Gasteiger partial charge on any atom is 0.251 e. The first-order valence-corrected chi connectivity index (χ1v) is 13.1. The van der Waals surface area contributed by atoms with Gasteiger partial charge in [-0.15, -0.1) is 0 Å². The highest BCUT2D eigenvalue weighted by atomic mass is 19.3. The lowest BCUT2D eigenvalue weighted by atomic mass is 9.89. The van der Waals surface area contributed by atoms with Crippen LogP contribution in [-0.2, 0) is 0 Å². The molecule has 2 unspecified atom stereocenters. The first-order chi connectivity index (χ1) is 18.0. The highest BCUT2D eigenvalue weighted by Gasteiger charge is 2.38. The topological polar surface area (TPSA) is 44.7 Å². The summed E-state index contributed by atoms with van der Waals surface area (Å²) in [7, 11) is 1.45. The van der Waals surface area contributed by atoms with Gasteiger partial charge in [0.25, 0.3) is 6.43 Å². The van der Waals surface area contributed by atoms with E-state index < -0.39 is 12.2 Å². The molecule has 3 aliphatic heterocycles. The number of halogens is 3. The van der Waals surface area contributed by atoms with Gasteiger partial charge in [-0.2, -0.15) is 0 Å². The minimum Gasteiger partial charge on any atom is -0.494 e. The summed E-state index contributed by atoms with van der Waals surface area (Å²) in [4.78, 5) is 16.0. The van der Waals surface area contributed by atoms with E-state index in [-0.39, 0.29) is 12.3 Å². The summed E-state index contributed by atoms with van der Waals surface area (Å²) in [5.41, 5.74) is 3.24. The molecule has 1 aromatic carbocycles. The van der Waals surface area contributed by atoms with Crippen molar-refractivity contribution in [2.45, 2.75) is 25.7 Å². The molecule has 3 fully saturated rings. The van der Waals surface area contributed by atoms with Gasteiger partial charge in [-0.1, -0.05) is 0 Å². The van der Waals surface area contributed by atoms with Gasteiger partial charge in [0.15, 0.2) is 11.6 Å². The van der Waals surface area contributed by atoms with Gasteiger partial charge < -0.3 is 14.5 Å². The number of pyridine rings is 2. The van der Waals surface area contributed by atoms with Crippen molar-refractivity contribution in [2.24, 2.45) is 11.8 Å². The average Bonchev–Trinajstić information content (AvgIpc) is 3.58. The maximum absolute atomic E-state index is 14.8. The number of nitrogens with zero attached hydrogens (tertiary/aromatic N) is 5. The first kappa shape index (κ1) is 24.3. The third kappa shape index (κ3) is 4.81. The largest absolute Gasteiger partial charge is 0.494 e. The zero-order valence-corrected chi connectivity index (χ0v) is 21.0. The molecule has 0 radical (unpaired) electrons. The zero-order chi connectivity index (χ0) is 25.5. The monoisotopic (exact) mass is 511 g/mol. The van der Waals surface area contributed by atoms with Crippen LogP contribution in [0.2, 0.25) is 0 Å². The molecule has 2 atom stereocenters. The van der Waals surface area contributed by atoms with E-state index >= 15 is 0 Å². The van der Waals surface area contributed by atoms with Crippen molar-refractivity contribution >= 4 is 22.4 Å². The summed E-state index contributed by atoms with van der Waals surface area (Å²) in [5.74, 6) is 1.45. The molecule has 0 spiro atoms. The van der Waals surface area contributed by atoms with Crippen molar-refractivity contribution in [1.29, 1.82) is 0 Å². The smallest absolute Gasteiger partial charge is 0.251 e. The molecule has 0 aliphatic carbocycles. The van der Waals surface area contributed by atoms with Gasteiger partial charge in [-0.3, -0.25) is 4.90 Å². The Morgan fingerprint density at radius 1 is 1.00 bits per heavy atom. The van der Waals surface area contributed by atoms with Gasteiger partial charge in [0.1, 0.15) is 5.82 Å². The van der Waals surface area contributed by atoms with Crippen molar-refractivity contribution in [3.8, 4) is 17.0 Å². The third-order valence-corrected chi connectivity index (χ3v) is 8.16. The predicted octanol–water partition coefficient (Wildman–Crippen LogP) is 5.07. The summed E-state index contributed by atoms with van der Waals surface area (Å²) >= 11 is 0. The number of aromatic nitrogens is 2. The van der Waals surface area contributed by atoms with Crippen LogP contribution < -0.4 is 14.5 Å². The summed E-state index contributed by atoms with van der Waals surface area (Å²) < 4.78 is 46.0. The van der Waals surface area contributed by atoms with Gasteiger partial charge in [-0.05, 0) is 61.9 Å². The molecule has 196 valence electrons. The number of methoxy groups -OCH3 is 1. The van der Waals surface area contributed by atoms with Crippen LogP contribution in [0.4, 0.5) is 24.7 Å². The molecule has 0 amide bonds. The minimum absolute atomic E-state index is 0.156. The lowest BCUT2D eigenvalue weighted by Gasteiger charge is -2.33.